The maximum absolute atomic E-state index is 12.5. The van der Waals surface area contributed by atoms with E-state index in [1.807, 2.05) is 4.90 Å². The number of aromatic nitrogens is 2. The lowest BCUT2D eigenvalue weighted by Crippen LogP contribution is -2.52. The summed E-state index contributed by atoms with van der Waals surface area (Å²) in [5, 5.41) is 6.18. The molecule has 2 aliphatic rings. The van der Waals surface area contributed by atoms with Crippen LogP contribution in [0.1, 0.15) is 49.0 Å². The molecule has 18 heavy (non-hydrogen) atoms. The second kappa shape index (κ2) is 4.55. The maximum Gasteiger partial charge on any atom is 0.274 e. The average molecular weight is 247 g/mol. The Morgan fingerprint density at radius 1 is 1.17 bits per heavy atom. The largest absolute Gasteiger partial charge is 0.331 e. The number of hydrogen-bond acceptors (Lipinski definition) is 3. The van der Waals surface area contributed by atoms with E-state index in [0.29, 0.717) is 17.8 Å². The molecule has 5 nitrogen and oxygen atoms in total. The minimum Gasteiger partial charge on any atom is -0.331 e. The molecule has 0 aliphatic heterocycles. The van der Waals surface area contributed by atoms with Gasteiger partial charge < -0.3 is 4.90 Å². The van der Waals surface area contributed by atoms with Crippen LogP contribution in [0.2, 0.25) is 0 Å². The molecule has 0 radical (unpaired) electrons. The van der Waals surface area contributed by atoms with Gasteiger partial charge in [-0.05, 0) is 44.6 Å². The summed E-state index contributed by atoms with van der Waals surface area (Å²) < 4.78 is 0. The Bertz CT molecular complexity index is 469. The Labute approximate surface area is 105 Å². The topological polar surface area (TPSA) is 66.1 Å². The number of hydrogen-bond donors (Lipinski definition) is 1. The van der Waals surface area contributed by atoms with Gasteiger partial charge in [0.05, 0.1) is 0 Å². The molecule has 3 rings (SSSR count). The summed E-state index contributed by atoms with van der Waals surface area (Å²) in [6.07, 6.45) is 6.83. The Balaban J connectivity index is 1.82. The van der Waals surface area contributed by atoms with Crippen LogP contribution in [-0.2, 0) is 0 Å². The zero-order valence-electron chi connectivity index (χ0n) is 10.3. The third-order valence-corrected chi connectivity index (χ3v) is 4.07. The first-order chi connectivity index (χ1) is 8.75. The summed E-state index contributed by atoms with van der Waals surface area (Å²) in [6.45, 7) is 0. The summed E-state index contributed by atoms with van der Waals surface area (Å²) in [7, 11) is 0. The fourth-order valence-electron chi connectivity index (χ4n) is 2.56. The zero-order valence-corrected chi connectivity index (χ0v) is 10.3. The van der Waals surface area contributed by atoms with E-state index in [1.54, 1.807) is 0 Å². The first-order valence-corrected chi connectivity index (χ1v) is 6.64. The predicted molar refractivity (Wildman–Crippen MR) is 66.3 cm³/mol. The van der Waals surface area contributed by atoms with E-state index in [0.717, 1.165) is 25.7 Å². The van der Waals surface area contributed by atoms with Crippen molar-refractivity contribution in [3.63, 3.8) is 0 Å². The molecule has 1 amide bonds. The summed E-state index contributed by atoms with van der Waals surface area (Å²) >= 11 is 0. The molecule has 0 saturated heterocycles. The Morgan fingerprint density at radius 3 is 2.17 bits per heavy atom. The highest BCUT2D eigenvalue weighted by molar-refractivity contribution is 5.92. The van der Waals surface area contributed by atoms with Crippen molar-refractivity contribution in [3.05, 3.63) is 28.2 Å². The highest BCUT2D eigenvalue weighted by atomic mass is 16.2. The van der Waals surface area contributed by atoms with Gasteiger partial charge in [-0.1, -0.05) is 0 Å². The van der Waals surface area contributed by atoms with Crippen molar-refractivity contribution in [1.29, 1.82) is 0 Å². The Kier molecular flexibility index (Phi) is 2.89. The minimum atomic E-state index is -0.273. The van der Waals surface area contributed by atoms with Crippen LogP contribution in [0.15, 0.2) is 16.9 Å². The fraction of sp³-hybridized carbons (Fsp3) is 0.615. The molecule has 1 N–H and O–H groups in total. The van der Waals surface area contributed by atoms with Crippen LogP contribution < -0.4 is 5.56 Å². The zero-order chi connectivity index (χ0) is 12.5. The summed E-state index contributed by atoms with van der Waals surface area (Å²) in [4.78, 5) is 25.4. The molecule has 1 heterocycles. The molecule has 0 spiro atoms. The number of aromatic amines is 1. The van der Waals surface area contributed by atoms with E-state index in [-0.39, 0.29) is 11.5 Å². The van der Waals surface area contributed by atoms with Gasteiger partial charge >= 0.3 is 0 Å². The maximum atomic E-state index is 12.5. The number of nitrogens with one attached hydrogen (secondary N) is 1. The lowest BCUT2D eigenvalue weighted by molar-refractivity contribution is 0.0279. The van der Waals surface area contributed by atoms with Gasteiger partial charge in [0.1, 0.15) is 5.69 Å². The third kappa shape index (κ3) is 1.94. The number of carbonyl (C=O) groups is 1. The van der Waals surface area contributed by atoms with Crippen molar-refractivity contribution >= 4 is 5.91 Å². The van der Waals surface area contributed by atoms with Crippen LogP contribution in [0.3, 0.4) is 0 Å². The van der Waals surface area contributed by atoms with Gasteiger partial charge in [-0.2, -0.15) is 5.10 Å². The van der Waals surface area contributed by atoms with Crippen molar-refractivity contribution in [2.24, 2.45) is 0 Å². The van der Waals surface area contributed by atoms with Gasteiger partial charge in [-0.25, -0.2) is 5.10 Å². The monoisotopic (exact) mass is 247 g/mol. The number of rotatable bonds is 3. The van der Waals surface area contributed by atoms with Gasteiger partial charge in [0.25, 0.3) is 11.5 Å². The Hall–Kier alpha value is -1.65. The number of carbonyl (C=O) groups excluding carboxylic acids is 1. The summed E-state index contributed by atoms with van der Waals surface area (Å²) in [6, 6.07) is 3.65. The molecule has 0 bridgehead atoms. The van der Waals surface area contributed by atoms with Crippen LogP contribution in [0.4, 0.5) is 0 Å². The molecule has 96 valence electrons. The van der Waals surface area contributed by atoms with Crippen molar-refractivity contribution in [3.8, 4) is 0 Å². The van der Waals surface area contributed by atoms with Crippen LogP contribution in [0.25, 0.3) is 0 Å². The van der Waals surface area contributed by atoms with E-state index >= 15 is 0 Å². The second-order valence-electron chi connectivity index (χ2n) is 5.19. The van der Waals surface area contributed by atoms with E-state index in [2.05, 4.69) is 10.2 Å². The molecule has 2 fully saturated rings. The number of nitrogens with zero attached hydrogens (tertiary/aromatic N) is 2. The molecule has 2 saturated carbocycles. The predicted octanol–water partition coefficient (Wildman–Crippen LogP) is 1.32. The molecule has 1 aromatic heterocycles. The third-order valence-electron chi connectivity index (χ3n) is 4.07. The SMILES string of the molecule is O=C(c1ccc(=O)[nH]n1)N(C1CCC1)C1CCC1. The summed E-state index contributed by atoms with van der Waals surface area (Å²) in [5.74, 6) is -0.0272. The average Bonchev–Trinajstić information content (AvgIpc) is 2.23. The van der Waals surface area contributed by atoms with Crippen LogP contribution in [-0.4, -0.2) is 33.1 Å². The quantitative estimate of drug-likeness (QED) is 0.876. The van der Waals surface area contributed by atoms with E-state index < -0.39 is 0 Å². The van der Waals surface area contributed by atoms with Crippen molar-refractivity contribution in [1.82, 2.24) is 15.1 Å². The summed E-state index contributed by atoms with van der Waals surface area (Å²) in [5.41, 5.74) is 0.0822. The lowest BCUT2D eigenvalue weighted by Gasteiger charge is -2.46. The highest BCUT2D eigenvalue weighted by Crippen LogP contribution is 2.34. The first-order valence-electron chi connectivity index (χ1n) is 6.64. The number of H-pyrrole nitrogens is 1. The van der Waals surface area contributed by atoms with Gasteiger partial charge in [0.2, 0.25) is 0 Å². The van der Waals surface area contributed by atoms with Crippen molar-refractivity contribution in [2.45, 2.75) is 50.6 Å². The Morgan fingerprint density at radius 2 is 1.78 bits per heavy atom. The van der Waals surface area contributed by atoms with E-state index in [9.17, 15) is 9.59 Å². The van der Waals surface area contributed by atoms with Gasteiger partial charge in [-0.15, -0.1) is 0 Å². The molecule has 0 unspecified atom stereocenters. The van der Waals surface area contributed by atoms with Crippen LogP contribution in [0.5, 0.6) is 0 Å². The van der Waals surface area contributed by atoms with Crippen LogP contribution >= 0.6 is 0 Å². The molecule has 0 atom stereocenters. The molecular weight excluding hydrogens is 230 g/mol. The number of amides is 1. The van der Waals surface area contributed by atoms with Gasteiger partial charge in [-0.3, -0.25) is 9.59 Å². The van der Waals surface area contributed by atoms with E-state index in [1.165, 1.54) is 25.0 Å². The first kappa shape index (κ1) is 11.4. The minimum absolute atomic E-state index is 0.0272. The lowest BCUT2D eigenvalue weighted by atomic mass is 9.84. The second-order valence-corrected chi connectivity index (χ2v) is 5.19. The highest BCUT2D eigenvalue weighted by Gasteiger charge is 2.37. The fourth-order valence-corrected chi connectivity index (χ4v) is 2.56. The molecule has 0 aromatic carbocycles. The van der Waals surface area contributed by atoms with Crippen molar-refractivity contribution in [2.75, 3.05) is 0 Å². The smallest absolute Gasteiger partial charge is 0.274 e. The van der Waals surface area contributed by atoms with Crippen LogP contribution in [0, 0.1) is 0 Å². The normalized spacial score (nSPS) is 20.0. The molecule has 2 aliphatic carbocycles. The molecular formula is C13H17N3O2. The molecule has 5 heteroatoms. The van der Waals surface area contributed by atoms with Gasteiger partial charge in [0.15, 0.2) is 0 Å². The van der Waals surface area contributed by atoms with Gasteiger partial charge in [0, 0.05) is 18.2 Å². The standard InChI is InChI=1S/C13H17N3O2/c17-12-8-7-11(14-15-12)13(18)16(9-3-1-4-9)10-5-2-6-10/h7-10H,1-6H2,(H,15,17). The van der Waals surface area contributed by atoms with Crippen molar-refractivity contribution < 1.29 is 4.79 Å². The molecule has 1 aromatic rings. The van der Waals surface area contributed by atoms with E-state index in [4.69, 9.17) is 0 Å².